The smallest absolute Gasteiger partial charge is 0.325 e. The topological polar surface area (TPSA) is 73.0 Å². The minimum Gasteiger partial charge on any atom is -0.368 e. The van der Waals surface area contributed by atoms with Gasteiger partial charge in [-0.3, -0.25) is 14.5 Å². The first-order chi connectivity index (χ1) is 14.8. The van der Waals surface area contributed by atoms with Crippen molar-refractivity contribution in [3.05, 3.63) is 64.1 Å². The molecule has 2 aromatic rings. The number of imide groups is 1. The molecule has 0 aliphatic carbocycles. The molecule has 0 saturated carbocycles. The molecule has 0 aromatic heterocycles. The van der Waals surface area contributed by atoms with Crippen LogP contribution in [0.2, 0.25) is 10.0 Å². The summed E-state index contributed by atoms with van der Waals surface area (Å²) in [5.41, 5.74) is 0.322. The Balaban J connectivity index is 1.40. The Morgan fingerprint density at radius 3 is 2.29 bits per heavy atom. The Morgan fingerprint density at radius 2 is 1.65 bits per heavy atom. The number of benzene rings is 2. The molecule has 1 unspecified atom stereocenters. The summed E-state index contributed by atoms with van der Waals surface area (Å²) in [6, 6.07) is 13.8. The molecule has 2 fully saturated rings. The van der Waals surface area contributed by atoms with E-state index in [1.807, 2.05) is 24.3 Å². The highest BCUT2D eigenvalue weighted by Crippen LogP contribution is 2.30. The summed E-state index contributed by atoms with van der Waals surface area (Å²) in [4.78, 5) is 43.2. The molecule has 162 valence electrons. The van der Waals surface area contributed by atoms with Gasteiger partial charge in [0.25, 0.3) is 5.91 Å². The second kappa shape index (κ2) is 8.40. The van der Waals surface area contributed by atoms with Gasteiger partial charge in [-0.05, 0) is 42.8 Å². The van der Waals surface area contributed by atoms with Crippen molar-refractivity contribution < 1.29 is 14.4 Å². The maximum absolute atomic E-state index is 13.0. The van der Waals surface area contributed by atoms with Gasteiger partial charge in [0.2, 0.25) is 5.91 Å². The van der Waals surface area contributed by atoms with Crippen molar-refractivity contribution in [2.45, 2.75) is 12.5 Å². The predicted octanol–water partition coefficient (Wildman–Crippen LogP) is 3.11. The monoisotopic (exact) mass is 460 g/mol. The fourth-order valence-electron chi connectivity index (χ4n) is 3.96. The predicted molar refractivity (Wildman–Crippen MR) is 119 cm³/mol. The number of anilines is 1. The minimum atomic E-state index is -1.26. The number of urea groups is 1. The van der Waals surface area contributed by atoms with Crippen LogP contribution in [-0.2, 0) is 15.1 Å². The zero-order valence-electron chi connectivity index (χ0n) is 17.0. The van der Waals surface area contributed by atoms with Crippen LogP contribution >= 0.6 is 23.2 Å². The number of piperazine rings is 1. The zero-order valence-corrected chi connectivity index (χ0v) is 18.5. The molecule has 1 N–H and O–H groups in total. The summed E-state index contributed by atoms with van der Waals surface area (Å²) in [7, 11) is 0. The Labute approximate surface area is 190 Å². The second-order valence-electron chi connectivity index (χ2n) is 7.80. The number of nitrogens with zero attached hydrogens (tertiary/aromatic N) is 3. The fraction of sp³-hybridized carbons (Fsp3) is 0.318. The van der Waals surface area contributed by atoms with E-state index in [1.165, 1.54) is 0 Å². The molecule has 4 rings (SSSR count). The number of nitrogens with one attached hydrogen (secondary N) is 1. The minimum absolute atomic E-state index is 0.260. The van der Waals surface area contributed by atoms with Gasteiger partial charge in [0, 0.05) is 41.9 Å². The maximum atomic E-state index is 13.0. The molecule has 2 aliphatic rings. The van der Waals surface area contributed by atoms with Crippen LogP contribution in [0.25, 0.3) is 0 Å². The molecule has 1 atom stereocenters. The highest BCUT2D eigenvalue weighted by molar-refractivity contribution is 6.31. The first-order valence-electron chi connectivity index (χ1n) is 9.96. The largest absolute Gasteiger partial charge is 0.368 e. The van der Waals surface area contributed by atoms with Crippen molar-refractivity contribution in [3.8, 4) is 0 Å². The van der Waals surface area contributed by atoms with Gasteiger partial charge in [-0.2, -0.15) is 0 Å². The van der Waals surface area contributed by atoms with E-state index < -0.39 is 17.5 Å². The molecule has 2 saturated heterocycles. The van der Waals surface area contributed by atoms with E-state index in [0.717, 1.165) is 10.6 Å². The number of carbonyl (C=O) groups excluding carboxylic acids is 3. The third-order valence-corrected chi connectivity index (χ3v) is 6.25. The summed E-state index contributed by atoms with van der Waals surface area (Å²) < 4.78 is 0. The molecule has 0 spiro atoms. The third kappa shape index (κ3) is 4.20. The van der Waals surface area contributed by atoms with E-state index in [4.69, 9.17) is 23.2 Å². The molecule has 4 amide bonds. The SMILES string of the molecule is CC1(c2cccc(Cl)c2)NC(=O)N(CC(=O)N2CCN(c3cccc(Cl)c3)CC2)C1=O. The van der Waals surface area contributed by atoms with Crippen LogP contribution in [-0.4, -0.2) is 60.4 Å². The molecule has 2 aromatic carbocycles. The lowest BCUT2D eigenvalue weighted by atomic mass is 9.92. The summed E-state index contributed by atoms with van der Waals surface area (Å²) >= 11 is 12.1. The van der Waals surface area contributed by atoms with E-state index in [9.17, 15) is 14.4 Å². The van der Waals surface area contributed by atoms with Crippen LogP contribution in [0.4, 0.5) is 10.5 Å². The Kier molecular flexibility index (Phi) is 5.81. The summed E-state index contributed by atoms with van der Waals surface area (Å²) in [5.74, 6) is -0.727. The van der Waals surface area contributed by atoms with E-state index in [2.05, 4.69) is 10.2 Å². The van der Waals surface area contributed by atoms with E-state index >= 15 is 0 Å². The number of hydrogen-bond donors (Lipinski definition) is 1. The number of amides is 4. The molecular weight excluding hydrogens is 439 g/mol. The normalized spacial score (nSPS) is 21.5. The van der Waals surface area contributed by atoms with Crippen molar-refractivity contribution in [1.82, 2.24) is 15.1 Å². The molecule has 7 nitrogen and oxygen atoms in total. The van der Waals surface area contributed by atoms with Crippen LogP contribution < -0.4 is 10.2 Å². The van der Waals surface area contributed by atoms with Gasteiger partial charge < -0.3 is 15.1 Å². The molecule has 0 bridgehead atoms. The fourth-order valence-corrected chi connectivity index (χ4v) is 4.33. The van der Waals surface area contributed by atoms with Crippen molar-refractivity contribution in [3.63, 3.8) is 0 Å². The Bertz CT molecular complexity index is 1040. The number of carbonyl (C=O) groups is 3. The molecule has 2 heterocycles. The van der Waals surface area contributed by atoms with E-state index in [0.29, 0.717) is 41.8 Å². The third-order valence-electron chi connectivity index (χ3n) is 5.78. The van der Waals surface area contributed by atoms with Crippen LogP contribution in [0.3, 0.4) is 0 Å². The molecule has 31 heavy (non-hydrogen) atoms. The standard InChI is InChI=1S/C22H22Cl2N4O3/c1-22(15-4-2-5-16(23)12-15)20(30)28(21(31)25-22)14-19(29)27-10-8-26(9-11-27)18-7-3-6-17(24)13-18/h2-7,12-13H,8-11,14H2,1H3,(H,25,31). The van der Waals surface area contributed by atoms with Crippen LogP contribution in [0.15, 0.2) is 48.5 Å². The average molecular weight is 461 g/mol. The van der Waals surface area contributed by atoms with Crippen LogP contribution in [0.5, 0.6) is 0 Å². The first kappa shape index (κ1) is 21.5. The highest BCUT2D eigenvalue weighted by Gasteiger charge is 2.49. The van der Waals surface area contributed by atoms with Gasteiger partial charge in [-0.25, -0.2) is 4.79 Å². The summed E-state index contributed by atoms with van der Waals surface area (Å²) in [5, 5.41) is 3.83. The molecule has 9 heteroatoms. The van der Waals surface area contributed by atoms with Gasteiger partial charge >= 0.3 is 6.03 Å². The number of halogens is 2. The van der Waals surface area contributed by atoms with Crippen LogP contribution in [0, 0.1) is 0 Å². The molecule has 0 radical (unpaired) electrons. The Hall–Kier alpha value is -2.77. The second-order valence-corrected chi connectivity index (χ2v) is 8.68. The van der Waals surface area contributed by atoms with Gasteiger partial charge in [0.05, 0.1) is 0 Å². The lowest BCUT2D eigenvalue weighted by molar-refractivity contribution is -0.139. The number of rotatable bonds is 4. The van der Waals surface area contributed by atoms with E-state index in [1.54, 1.807) is 36.1 Å². The van der Waals surface area contributed by atoms with Gasteiger partial charge in [-0.15, -0.1) is 0 Å². The van der Waals surface area contributed by atoms with Crippen molar-refractivity contribution >= 4 is 46.7 Å². The summed E-state index contributed by atoms with van der Waals surface area (Å²) in [6.45, 7) is 3.62. The highest BCUT2D eigenvalue weighted by atomic mass is 35.5. The molecule has 2 aliphatic heterocycles. The Morgan fingerprint density at radius 1 is 1.00 bits per heavy atom. The average Bonchev–Trinajstić information content (AvgIpc) is 2.98. The maximum Gasteiger partial charge on any atom is 0.325 e. The van der Waals surface area contributed by atoms with Gasteiger partial charge in [0.1, 0.15) is 12.1 Å². The molecular formula is C22H22Cl2N4O3. The number of hydrogen-bond acceptors (Lipinski definition) is 4. The van der Waals surface area contributed by atoms with Crippen molar-refractivity contribution in [2.24, 2.45) is 0 Å². The quantitative estimate of drug-likeness (QED) is 0.711. The van der Waals surface area contributed by atoms with Crippen LogP contribution in [0.1, 0.15) is 12.5 Å². The lowest BCUT2D eigenvalue weighted by Gasteiger charge is -2.36. The van der Waals surface area contributed by atoms with Gasteiger partial charge in [-0.1, -0.05) is 41.4 Å². The summed E-state index contributed by atoms with van der Waals surface area (Å²) in [6.07, 6.45) is 0. The van der Waals surface area contributed by atoms with Crippen molar-refractivity contribution in [2.75, 3.05) is 37.6 Å². The van der Waals surface area contributed by atoms with E-state index in [-0.39, 0.29) is 12.5 Å². The first-order valence-corrected chi connectivity index (χ1v) is 10.7. The van der Waals surface area contributed by atoms with Gasteiger partial charge in [0.15, 0.2) is 0 Å². The lowest BCUT2D eigenvalue weighted by Crippen LogP contribution is -2.52. The van der Waals surface area contributed by atoms with Crippen molar-refractivity contribution in [1.29, 1.82) is 0 Å². The zero-order chi connectivity index (χ0) is 22.2.